The third kappa shape index (κ3) is 4.82. The summed E-state index contributed by atoms with van der Waals surface area (Å²) in [4.78, 5) is 23.1. The first-order chi connectivity index (χ1) is 15.2. The number of carbonyl (C=O) groups is 1. The van der Waals surface area contributed by atoms with Crippen molar-refractivity contribution in [2.45, 2.75) is 0 Å². The van der Waals surface area contributed by atoms with Crippen molar-refractivity contribution in [1.82, 2.24) is 4.57 Å². The van der Waals surface area contributed by atoms with Crippen LogP contribution in [0.15, 0.2) is 88.8 Å². The van der Waals surface area contributed by atoms with Crippen LogP contribution in [-0.4, -0.2) is 24.7 Å². The van der Waals surface area contributed by atoms with Gasteiger partial charge in [-0.3, -0.25) is 9.36 Å². The zero-order valence-electron chi connectivity index (χ0n) is 16.9. The molecule has 0 atom stereocenters. The minimum Gasteiger partial charge on any atom is -0.497 e. The van der Waals surface area contributed by atoms with Gasteiger partial charge in [0, 0.05) is 5.56 Å². The van der Waals surface area contributed by atoms with E-state index in [1.165, 1.54) is 20.7 Å². The maximum Gasteiger partial charge on any atom is 0.279 e. The molecule has 0 saturated heterocycles. The highest BCUT2D eigenvalue weighted by Crippen LogP contribution is 2.18. The molecule has 0 bridgehead atoms. The molecule has 0 aliphatic carbocycles. The second-order valence-corrected chi connectivity index (χ2v) is 8.42. The van der Waals surface area contributed by atoms with Crippen molar-refractivity contribution >= 4 is 32.3 Å². The fourth-order valence-electron chi connectivity index (χ4n) is 2.82. The number of nitrogens with zero attached hydrogens (tertiary/aromatic N) is 3. The van der Waals surface area contributed by atoms with Gasteiger partial charge in [-0.15, -0.1) is 0 Å². The zero-order valence-corrected chi connectivity index (χ0v) is 18.5. The number of benzene rings is 3. The predicted molar refractivity (Wildman–Crippen MR) is 123 cm³/mol. The van der Waals surface area contributed by atoms with Crippen LogP contribution in [0, 0.1) is 0 Å². The molecule has 0 radical (unpaired) electrons. The van der Waals surface area contributed by atoms with Gasteiger partial charge in [0.1, 0.15) is 11.5 Å². The Hall–Kier alpha value is -3.49. The van der Waals surface area contributed by atoms with E-state index in [1.807, 2.05) is 71.3 Å². The molecular formula is C23H19N3O3S2. The molecule has 0 aliphatic rings. The monoisotopic (exact) mass is 449 g/mol. The molecule has 31 heavy (non-hydrogen) atoms. The smallest absolute Gasteiger partial charge is 0.279 e. The third-order valence-corrected chi connectivity index (χ3v) is 6.49. The van der Waals surface area contributed by atoms with E-state index in [0.29, 0.717) is 15.2 Å². The number of methoxy groups -OCH3 is 2. The van der Waals surface area contributed by atoms with Crippen molar-refractivity contribution < 1.29 is 14.3 Å². The molecule has 156 valence electrons. The first-order valence-electron chi connectivity index (χ1n) is 9.37. The lowest BCUT2D eigenvalue weighted by atomic mass is 10.2. The maximum absolute atomic E-state index is 12.7. The summed E-state index contributed by atoms with van der Waals surface area (Å²) in [5, 5.41) is 0. The molecule has 0 N–H and O–H groups in total. The lowest BCUT2D eigenvalue weighted by molar-refractivity contribution is 0.0998. The summed E-state index contributed by atoms with van der Waals surface area (Å²) in [5.41, 5.74) is 2.15. The van der Waals surface area contributed by atoms with Crippen LogP contribution < -0.4 is 19.1 Å². The SMILES string of the molecule is COc1ccc(N=c2ssc(=NC(=O)c3ccccc3)n2-c2ccc(OC)cc2)cc1. The summed E-state index contributed by atoms with van der Waals surface area (Å²) in [7, 11) is 6.10. The van der Waals surface area contributed by atoms with E-state index >= 15 is 0 Å². The van der Waals surface area contributed by atoms with Gasteiger partial charge in [-0.1, -0.05) is 18.2 Å². The van der Waals surface area contributed by atoms with Gasteiger partial charge in [-0.2, -0.15) is 4.99 Å². The average Bonchev–Trinajstić information content (AvgIpc) is 3.21. The van der Waals surface area contributed by atoms with Crippen LogP contribution in [-0.2, 0) is 0 Å². The van der Waals surface area contributed by atoms with Crippen molar-refractivity contribution in [1.29, 1.82) is 0 Å². The van der Waals surface area contributed by atoms with Gasteiger partial charge in [-0.25, -0.2) is 4.99 Å². The minimum atomic E-state index is -0.298. The number of hydrogen-bond acceptors (Lipinski definition) is 6. The van der Waals surface area contributed by atoms with E-state index in [9.17, 15) is 4.79 Å². The van der Waals surface area contributed by atoms with E-state index in [4.69, 9.17) is 14.5 Å². The van der Waals surface area contributed by atoms with Gasteiger partial charge in [0.15, 0.2) is 0 Å². The molecule has 1 aromatic heterocycles. The zero-order chi connectivity index (χ0) is 21.6. The Morgan fingerprint density at radius 3 is 1.97 bits per heavy atom. The highest BCUT2D eigenvalue weighted by Gasteiger charge is 2.09. The highest BCUT2D eigenvalue weighted by molar-refractivity contribution is 7.67. The van der Waals surface area contributed by atoms with Crippen LogP contribution in [0.4, 0.5) is 5.69 Å². The average molecular weight is 450 g/mol. The van der Waals surface area contributed by atoms with Gasteiger partial charge in [0.25, 0.3) is 5.91 Å². The summed E-state index contributed by atoms with van der Waals surface area (Å²) in [6.45, 7) is 0. The summed E-state index contributed by atoms with van der Waals surface area (Å²) >= 11 is 0. The van der Waals surface area contributed by atoms with Crippen LogP contribution in [0.5, 0.6) is 11.5 Å². The number of carbonyl (C=O) groups excluding carboxylic acids is 1. The molecule has 3 aromatic carbocycles. The summed E-state index contributed by atoms with van der Waals surface area (Å²) in [6, 6.07) is 24.1. The standard InChI is InChI=1S/C23H19N3O3S2/c1-28-19-12-8-17(9-13-19)24-22-26(18-10-14-20(29-2)15-11-18)23(31-30-22)25-21(27)16-6-4-3-5-7-16/h3-15H,1-2H3. The molecule has 0 saturated carbocycles. The van der Waals surface area contributed by atoms with E-state index in [0.717, 1.165) is 22.9 Å². The molecule has 8 heteroatoms. The molecule has 0 aliphatic heterocycles. The Morgan fingerprint density at radius 2 is 1.35 bits per heavy atom. The topological polar surface area (TPSA) is 65.2 Å². The molecule has 1 heterocycles. The largest absolute Gasteiger partial charge is 0.497 e. The van der Waals surface area contributed by atoms with Crippen LogP contribution in [0.2, 0.25) is 0 Å². The van der Waals surface area contributed by atoms with E-state index in [1.54, 1.807) is 26.4 Å². The Balaban J connectivity index is 1.86. The van der Waals surface area contributed by atoms with Crippen molar-refractivity contribution in [3.8, 4) is 17.2 Å². The Bertz CT molecular complexity index is 1300. The molecule has 0 unspecified atom stereocenters. The van der Waals surface area contributed by atoms with Crippen LogP contribution in [0.25, 0.3) is 5.69 Å². The van der Waals surface area contributed by atoms with Crippen LogP contribution >= 0.6 is 20.7 Å². The fourth-order valence-corrected chi connectivity index (χ4v) is 4.94. The number of aromatic nitrogens is 1. The Kier molecular flexibility index (Phi) is 6.40. The van der Waals surface area contributed by atoms with Crippen LogP contribution in [0.3, 0.4) is 0 Å². The second kappa shape index (κ2) is 9.55. The van der Waals surface area contributed by atoms with Crippen molar-refractivity contribution in [2.24, 2.45) is 9.98 Å². The molecule has 0 fully saturated rings. The van der Waals surface area contributed by atoms with Crippen molar-refractivity contribution in [3.63, 3.8) is 0 Å². The lowest BCUT2D eigenvalue weighted by Crippen LogP contribution is -2.25. The van der Waals surface area contributed by atoms with Crippen molar-refractivity contribution in [2.75, 3.05) is 14.2 Å². The second-order valence-electron chi connectivity index (χ2n) is 6.36. The van der Waals surface area contributed by atoms with Gasteiger partial charge in [0.2, 0.25) is 9.60 Å². The molecule has 0 spiro atoms. The lowest BCUT2D eigenvalue weighted by Gasteiger charge is -2.05. The third-order valence-electron chi connectivity index (χ3n) is 4.42. The molecule has 1 amide bonds. The van der Waals surface area contributed by atoms with Gasteiger partial charge >= 0.3 is 0 Å². The van der Waals surface area contributed by atoms with Gasteiger partial charge in [0.05, 0.1) is 25.6 Å². The van der Waals surface area contributed by atoms with E-state index < -0.39 is 0 Å². The Morgan fingerprint density at radius 1 is 0.774 bits per heavy atom. The Labute approximate surface area is 186 Å². The number of ether oxygens (including phenoxy) is 2. The summed E-state index contributed by atoms with van der Waals surface area (Å²) in [6.07, 6.45) is 0. The number of hydrogen-bond donors (Lipinski definition) is 0. The maximum atomic E-state index is 12.7. The highest BCUT2D eigenvalue weighted by atomic mass is 32.9. The number of amides is 1. The number of rotatable bonds is 5. The first kappa shape index (κ1) is 20.8. The van der Waals surface area contributed by atoms with Gasteiger partial charge in [-0.05, 0) is 81.3 Å². The quantitative estimate of drug-likeness (QED) is 0.419. The summed E-state index contributed by atoms with van der Waals surface area (Å²) in [5.74, 6) is 1.21. The summed E-state index contributed by atoms with van der Waals surface area (Å²) < 4.78 is 12.4. The normalized spacial score (nSPS) is 12.1. The molecular weight excluding hydrogens is 430 g/mol. The molecule has 6 nitrogen and oxygen atoms in total. The minimum absolute atomic E-state index is 0.298. The fraction of sp³-hybridized carbons (Fsp3) is 0.0870. The van der Waals surface area contributed by atoms with E-state index in [-0.39, 0.29) is 5.91 Å². The van der Waals surface area contributed by atoms with Crippen molar-refractivity contribution in [3.05, 3.63) is 94.0 Å². The van der Waals surface area contributed by atoms with Crippen LogP contribution in [0.1, 0.15) is 10.4 Å². The first-order valence-corrected chi connectivity index (χ1v) is 11.5. The van der Waals surface area contributed by atoms with E-state index in [2.05, 4.69) is 4.99 Å². The molecule has 4 aromatic rings. The van der Waals surface area contributed by atoms with Gasteiger partial charge < -0.3 is 9.47 Å². The molecule has 4 rings (SSSR count). The predicted octanol–water partition coefficient (Wildman–Crippen LogP) is 4.59.